The van der Waals surface area contributed by atoms with Crippen LogP contribution in [-0.2, 0) is 10.0 Å². The molecule has 0 radical (unpaired) electrons. The van der Waals surface area contributed by atoms with E-state index in [1.165, 1.54) is 6.07 Å². The highest BCUT2D eigenvalue weighted by Gasteiger charge is 2.21. The van der Waals surface area contributed by atoms with Crippen LogP contribution in [0.4, 0.5) is 10.1 Å². The van der Waals surface area contributed by atoms with Gasteiger partial charge in [0, 0.05) is 5.69 Å². The van der Waals surface area contributed by atoms with Crippen LogP contribution in [0.15, 0.2) is 53.4 Å². The molecule has 0 aliphatic heterocycles. The van der Waals surface area contributed by atoms with Gasteiger partial charge in [0.1, 0.15) is 10.7 Å². The molecule has 0 aliphatic carbocycles. The Hall–Kier alpha value is -1.88. The third kappa shape index (κ3) is 2.51. The molecule has 0 spiro atoms. The summed E-state index contributed by atoms with van der Waals surface area (Å²) in [6.45, 7) is 1.56. The highest BCUT2D eigenvalue weighted by Crippen LogP contribution is 2.21. The van der Waals surface area contributed by atoms with E-state index in [0.717, 1.165) is 6.07 Å². The highest BCUT2D eigenvalue weighted by molar-refractivity contribution is 7.92. The van der Waals surface area contributed by atoms with Gasteiger partial charge in [0.2, 0.25) is 0 Å². The normalized spacial score (nSPS) is 11.2. The molecule has 0 saturated carbocycles. The zero-order valence-electron chi connectivity index (χ0n) is 9.72. The number of hydrogen-bond acceptors (Lipinski definition) is 2. The van der Waals surface area contributed by atoms with Crippen LogP contribution < -0.4 is 4.72 Å². The molecule has 0 heterocycles. The van der Waals surface area contributed by atoms with Crippen molar-refractivity contribution in [2.24, 2.45) is 0 Å². The second kappa shape index (κ2) is 4.78. The Balaban J connectivity index is 2.44. The number of benzene rings is 2. The first-order valence-corrected chi connectivity index (χ1v) is 6.82. The van der Waals surface area contributed by atoms with Crippen molar-refractivity contribution in [2.75, 3.05) is 4.72 Å². The van der Waals surface area contributed by atoms with Gasteiger partial charge in [-0.15, -0.1) is 0 Å². The predicted octanol–water partition coefficient (Wildman–Crippen LogP) is 2.93. The van der Waals surface area contributed by atoms with E-state index in [-0.39, 0.29) is 4.90 Å². The summed E-state index contributed by atoms with van der Waals surface area (Å²) in [4.78, 5) is -0.311. The molecule has 2 aromatic carbocycles. The molecule has 94 valence electrons. The molecular formula is C13H12FNO2S. The molecule has 0 amide bonds. The minimum Gasteiger partial charge on any atom is -0.280 e. The maximum atomic E-state index is 13.6. The quantitative estimate of drug-likeness (QED) is 0.927. The van der Waals surface area contributed by atoms with Crippen LogP contribution in [0.3, 0.4) is 0 Å². The van der Waals surface area contributed by atoms with Crippen LogP contribution in [0.25, 0.3) is 0 Å². The highest BCUT2D eigenvalue weighted by atomic mass is 32.2. The van der Waals surface area contributed by atoms with Gasteiger partial charge in [-0.25, -0.2) is 12.8 Å². The Morgan fingerprint density at radius 1 is 1.00 bits per heavy atom. The summed E-state index contributed by atoms with van der Waals surface area (Å²) in [5, 5.41) is 0. The first kappa shape index (κ1) is 12.6. The monoisotopic (exact) mass is 265 g/mol. The molecule has 0 bridgehead atoms. The Kier molecular flexibility index (Phi) is 3.34. The van der Waals surface area contributed by atoms with Crippen molar-refractivity contribution >= 4 is 15.7 Å². The largest absolute Gasteiger partial charge is 0.280 e. The smallest absolute Gasteiger partial charge is 0.265 e. The van der Waals surface area contributed by atoms with Gasteiger partial charge in [-0.3, -0.25) is 4.72 Å². The molecule has 0 fully saturated rings. The lowest BCUT2D eigenvalue weighted by atomic mass is 10.2. The summed E-state index contributed by atoms with van der Waals surface area (Å²) in [5.74, 6) is -0.751. The summed E-state index contributed by atoms with van der Waals surface area (Å²) >= 11 is 0. The number of para-hydroxylation sites is 1. The van der Waals surface area contributed by atoms with Crippen LogP contribution in [0.5, 0.6) is 0 Å². The maximum absolute atomic E-state index is 13.6. The zero-order valence-corrected chi connectivity index (χ0v) is 10.5. The molecular weight excluding hydrogens is 253 g/mol. The Labute approximate surface area is 105 Å². The molecule has 0 aliphatic rings. The van der Waals surface area contributed by atoms with Crippen LogP contribution in [0, 0.1) is 12.7 Å². The number of aryl methyl sites for hydroxylation is 1. The minimum absolute atomic E-state index is 0.311. The molecule has 0 saturated heterocycles. The summed E-state index contributed by atoms with van der Waals surface area (Å²) in [7, 11) is -3.90. The van der Waals surface area contributed by atoms with Crippen molar-refractivity contribution in [1.29, 1.82) is 0 Å². The fourth-order valence-electron chi connectivity index (χ4n) is 1.67. The van der Waals surface area contributed by atoms with Gasteiger partial charge in [-0.05, 0) is 30.7 Å². The third-order valence-electron chi connectivity index (χ3n) is 2.46. The second-order valence-corrected chi connectivity index (χ2v) is 5.48. The van der Waals surface area contributed by atoms with Crippen molar-refractivity contribution in [2.45, 2.75) is 11.8 Å². The zero-order chi connectivity index (χ0) is 13.2. The number of hydrogen-bond donors (Lipinski definition) is 1. The average molecular weight is 265 g/mol. The fraction of sp³-hybridized carbons (Fsp3) is 0.0769. The van der Waals surface area contributed by atoms with Gasteiger partial charge in [0.25, 0.3) is 10.0 Å². The van der Waals surface area contributed by atoms with Gasteiger partial charge in [-0.2, -0.15) is 0 Å². The van der Waals surface area contributed by atoms with E-state index in [0.29, 0.717) is 11.3 Å². The summed E-state index contributed by atoms with van der Waals surface area (Å²) in [6.07, 6.45) is 0. The number of nitrogens with one attached hydrogen (secondary N) is 1. The van der Waals surface area contributed by atoms with E-state index in [9.17, 15) is 12.8 Å². The number of anilines is 1. The van der Waals surface area contributed by atoms with Crippen molar-refractivity contribution < 1.29 is 12.8 Å². The topological polar surface area (TPSA) is 46.2 Å². The van der Waals surface area contributed by atoms with Gasteiger partial charge in [0.05, 0.1) is 0 Å². The summed E-state index contributed by atoms with van der Waals surface area (Å²) < 4.78 is 40.2. The fourth-order valence-corrected chi connectivity index (χ4v) is 3.03. The molecule has 0 atom stereocenters. The van der Waals surface area contributed by atoms with E-state index in [4.69, 9.17) is 0 Å². The van der Waals surface area contributed by atoms with Crippen molar-refractivity contribution in [3.63, 3.8) is 0 Å². The van der Waals surface area contributed by atoms with Crippen LogP contribution >= 0.6 is 0 Å². The molecule has 3 nitrogen and oxygen atoms in total. The van der Waals surface area contributed by atoms with Gasteiger partial charge >= 0.3 is 0 Å². The van der Waals surface area contributed by atoms with E-state index in [1.54, 1.807) is 43.3 Å². The maximum Gasteiger partial charge on any atom is 0.265 e. The van der Waals surface area contributed by atoms with E-state index in [1.807, 2.05) is 0 Å². The molecule has 0 unspecified atom stereocenters. The Bertz CT molecular complexity index is 634. The molecule has 2 rings (SSSR count). The van der Waals surface area contributed by atoms with E-state index in [2.05, 4.69) is 4.72 Å². The third-order valence-corrected chi connectivity index (χ3v) is 4.02. The second-order valence-electron chi connectivity index (χ2n) is 3.86. The molecule has 1 N–H and O–H groups in total. The molecule has 18 heavy (non-hydrogen) atoms. The van der Waals surface area contributed by atoms with Crippen LogP contribution in [-0.4, -0.2) is 8.42 Å². The summed E-state index contributed by atoms with van der Waals surface area (Å²) in [6, 6.07) is 12.5. The lowest BCUT2D eigenvalue weighted by Crippen LogP contribution is -2.15. The predicted molar refractivity (Wildman–Crippen MR) is 68.4 cm³/mol. The number of rotatable bonds is 3. The average Bonchev–Trinajstić information content (AvgIpc) is 2.28. The Morgan fingerprint density at radius 2 is 1.67 bits per heavy atom. The number of sulfonamides is 1. The van der Waals surface area contributed by atoms with Gasteiger partial charge < -0.3 is 0 Å². The standard InChI is InChI=1S/C13H12FNO2S/c1-10-6-5-9-12(14)13(10)18(16,17)15-11-7-3-2-4-8-11/h2-9,15H,1H3. The van der Waals surface area contributed by atoms with Gasteiger partial charge in [-0.1, -0.05) is 30.3 Å². The minimum atomic E-state index is -3.90. The molecule has 2 aromatic rings. The number of halogens is 1. The summed E-state index contributed by atoms with van der Waals surface area (Å²) in [5.41, 5.74) is 0.776. The van der Waals surface area contributed by atoms with E-state index >= 15 is 0 Å². The SMILES string of the molecule is Cc1cccc(F)c1S(=O)(=O)Nc1ccccc1. The van der Waals surface area contributed by atoms with Gasteiger partial charge in [0.15, 0.2) is 0 Å². The lowest BCUT2D eigenvalue weighted by Gasteiger charge is -2.10. The van der Waals surface area contributed by atoms with Crippen molar-refractivity contribution in [3.8, 4) is 0 Å². The van der Waals surface area contributed by atoms with Crippen LogP contribution in [0.1, 0.15) is 5.56 Å². The first-order chi connectivity index (χ1) is 8.50. The van der Waals surface area contributed by atoms with Crippen LogP contribution in [0.2, 0.25) is 0 Å². The molecule has 0 aromatic heterocycles. The van der Waals surface area contributed by atoms with Crippen molar-refractivity contribution in [1.82, 2.24) is 0 Å². The molecule has 5 heteroatoms. The first-order valence-electron chi connectivity index (χ1n) is 5.34. The Morgan fingerprint density at radius 3 is 2.28 bits per heavy atom. The lowest BCUT2D eigenvalue weighted by molar-refractivity contribution is 0.568. The van der Waals surface area contributed by atoms with E-state index < -0.39 is 15.8 Å². The van der Waals surface area contributed by atoms with Crippen molar-refractivity contribution in [3.05, 3.63) is 59.9 Å².